The van der Waals surface area contributed by atoms with E-state index in [-0.39, 0.29) is 24.0 Å². The molecule has 1 aliphatic rings. The van der Waals surface area contributed by atoms with Gasteiger partial charge in [-0.25, -0.2) is 9.98 Å². The molecule has 130 valence electrons. The topological polar surface area (TPSA) is 53.7 Å². The van der Waals surface area contributed by atoms with Crippen molar-refractivity contribution in [3.05, 3.63) is 41.8 Å². The number of guanidine groups is 1. The highest BCUT2D eigenvalue weighted by molar-refractivity contribution is 14.0. The van der Waals surface area contributed by atoms with Crippen molar-refractivity contribution in [1.29, 1.82) is 0 Å². The molecule has 0 bridgehead atoms. The highest BCUT2D eigenvalue weighted by atomic mass is 127. The molecule has 1 fully saturated rings. The highest BCUT2D eigenvalue weighted by Crippen LogP contribution is 2.19. The summed E-state index contributed by atoms with van der Waals surface area (Å²) in [4.78, 5) is 11.6. The van der Waals surface area contributed by atoms with Crippen LogP contribution < -0.4 is 5.32 Å². The monoisotopic (exact) mass is 440 g/mol. The first-order valence-corrected chi connectivity index (χ1v) is 8.31. The lowest BCUT2D eigenvalue weighted by Gasteiger charge is -2.20. The van der Waals surface area contributed by atoms with Crippen LogP contribution in [-0.4, -0.2) is 35.5 Å². The first kappa shape index (κ1) is 18.8. The molecular weight excluding hydrogens is 415 g/mol. The molecule has 2 aromatic rings. The van der Waals surface area contributed by atoms with Crippen LogP contribution >= 0.6 is 24.0 Å². The van der Waals surface area contributed by atoms with Gasteiger partial charge in [0, 0.05) is 25.2 Å². The average Bonchev–Trinajstić information content (AvgIpc) is 3.24. The van der Waals surface area contributed by atoms with E-state index >= 15 is 0 Å². The number of rotatable bonds is 4. The Morgan fingerprint density at radius 1 is 1.25 bits per heavy atom. The summed E-state index contributed by atoms with van der Waals surface area (Å²) in [6.45, 7) is 7.74. The van der Waals surface area contributed by atoms with E-state index in [4.69, 9.17) is 9.41 Å². The molecule has 6 heteroatoms. The summed E-state index contributed by atoms with van der Waals surface area (Å²) in [5, 5.41) is 3.36. The van der Waals surface area contributed by atoms with E-state index in [0.717, 1.165) is 36.9 Å². The number of aliphatic imine (C=N–C) groups is 1. The molecule has 1 N–H and O–H groups in total. The van der Waals surface area contributed by atoms with Crippen molar-refractivity contribution >= 4 is 29.9 Å². The predicted molar refractivity (Wildman–Crippen MR) is 108 cm³/mol. The van der Waals surface area contributed by atoms with Crippen LogP contribution in [0.15, 0.2) is 39.9 Å². The van der Waals surface area contributed by atoms with Crippen LogP contribution in [0.1, 0.15) is 31.0 Å². The summed E-state index contributed by atoms with van der Waals surface area (Å²) in [6.07, 6.45) is 4.18. The number of oxazole rings is 1. The minimum absolute atomic E-state index is 0. The smallest absolute Gasteiger partial charge is 0.226 e. The molecule has 5 nitrogen and oxygen atoms in total. The van der Waals surface area contributed by atoms with Gasteiger partial charge in [-0.1, -0.05) is 17.7 Å². The minimum Gasteiger partial charge on any atom is -0.444 e. The van der Waals surface area contributed by atoms with E-state index in [1.807, 2.05) is 12.1 Å². The van der Waals surface area contributed by atoms with Crippen molar-refractivity contribution in [3.63, 3.8) is 0 Å². The van der Waals surface area contributed by atoms with E-state index in [0.29, 0.717) is 12.4 Å². The number of aryl methyl sites for hydroxylation is 1. The first-order valence-electron chi connectivity index (χ1n) is 8.31. The second-order valence-electron chi connectivity index (χ2n) is 5.87. The zero-order valence-electron chi connectivity index (χ0n) is 14.3. The summed E-state index contributed by atoms with van der Waals surface area (Å²) < 4.78 is 5.59. The molecule has 1 aromatic heterocycles. The largest absolute Gasteiger partial charge is 0.444 e. The molecule has 0 saturated carbocycles. The van der Waals surface area contributed by atoms with Gasteiger partial charge in [0.15, 0.2) is 5.96 Å². The summed E-state index contributed by atoms with van der Waals surface area (Å²) in [5.41, 5.74) is 3.08. The van der Waals surface area contributed by atoms with E-state index in [1.165, 1.54) is 18.4 Å². The van der Waals surface area contributed by atoms with Gasteiger partial charge in [-0.3, -0.25) is 0 Å². The molecule has 3 rings (SSSR count). The number of benzene rings is 1. The molecule has 0 spiro atoms. The summed E-state index contributed by atoms with van der Waals surface area (Å²) in [5.74, 6) is 1.63. The van der Waals surface area contributed by atoms with Crippen molar-refractivity contribution in [1.82, 2.24) is 15.2 Å². The lowest BCUT2D eigenvalue weighted by Crippen LogP contribution is -2.39. The third-order valence-corrected chi connectivity index (χ3v) is 3.98. The van der Waals surface area contributed by atoms with Gasteiger partial charge in [-0.15, -0.1) is 24.0 Å². The fourth-order valence-electron chi connectivity index (χ4n) is 2.72. The summed E-state index contributed by atoms with van der Waals surface area (Å²) >= 11 is 0. The highest BCUT2D eigenvalue weighted by Gasteiger charge is 2.15. The number of likely N-dealkylation sites (tertiary alicyclic amines) is 1. The molecule has 24 heavy (non-hydrogen) atoms. The van der Waals surface area contributed by atoms with Gasteiger partial charge in [-0.05, 0) is 38.8 Å². The van der Waals surface area contributed by atoms with Crippen LogP contribution in [0.2, 0.25) is 0 Å². The van der Waals surface area contributed by atoms with Crippen molar-refractivity contribution in [2.45, 2.75) is 33.2 Å². The Balaban J connectivity index is 0.00000208. The van der Waals surface area contributed by atoms with Crippen LogP contribution in [0.3, 0.4) is 0 Å². The Kier molecular flexibility index (Phi) is 7.08. The normalized spacial score (nSPS) is 14.6. The number of aromatic nitrogens is 1. The van der Waals surface area contributed by atoms with Crippen LogP contribution in [0, 0.1) is 6.92 Å². The molecule has 0 unspecified atom stereocenters. The predicted octanol–water partition coefficient (Wildman–Crippen LogP) is 3.83. The molecule has 1 aliphatic heterocycles. The maximum Gasteiger partial charge on any atom is 0.226 e. The molecule has 0 radical (unpaired) electrons. The van der Waals surface area contributed by atoms with Crippen LogP contribution in [0.5, 0.6) is 0 Å². The van der Waals surface area contributed by atoms with Gasteiger partial charge in [0.05, 0.1) is 6.54 Å². The fourth-order valence-corrected chi connectivity index (χ4v) is 2.72. The fraction of sp³-hybridized carbons (Fsp3) is 0.444. The standard InChI is InChI=1S/C18H24N4O.HI/c1-3-19-18(22-10-4-5-11-22)20-12-16-13-23-17(21-16)15-8-6-14(2)7-9-15;/h6-9,13H,3-5,10-12H2,1-2H3,(H,19,20);1H. The van der Waals surface area contributed by atoms with Gasteiger partial charge in [0.1, 0.15) is 12.0 Å². The van der Waals surface area contributed by atoms with Crippen molar-refractivity contribution < 1.29 is 4.42 Å². The zero-order valence-corrected chi connectivity index (χ0v) is 16.6. The third kappa shape index (κ3) is 4.72. The maximum atomic E-state index is 5.59. The SMILES string of the molecule is CCNC(=NCc1coc(-c2ccc(C)cc2)n1)N1CCCC1.I. The van der Waals surface area contributed by atoms with Crippen molar-refractivity contribution in [2.24, 2.45) is 4.99 Å². The number of hydrogen-bond donors (Lipinski definition) is 1. The Morgan fingerprint density at radius 2 is 1.96 bits per heavy atom. The molecule has 0 aliphatic carbocycles. The Hall–Kier alpha value is -1.57. The number of nitrogens with one attached hydrogen (secondary N) is 1. The Morgan fingerprint density at radius 3 is 2.62 bits per heavy atom. The molecule has 1 aromatic carbocycles. The lowest BCUT2D eigenvalue weighted by atomic mass is 10.1. The van der Waals surface area contributed by atoms with Gasteiger partial charge >= 0.3 is 0 Å². The maximum absolute atomic E-state index is 5.59. The third-order valence-electron chi connectivity index (χ3n) is 3.98. The first-order chi connectivity index (χ1) is 11.3. The Bertz CT molecular complexity index is 660. The molecule has 0 atom stereocenters. The minimum atomic E-state index is 0. The number of nitrogens with zero attached hydrogens (tertiary/aromatic N) is 3. The molecular formula is C18H25IN4O. The second-order valence-corrected chi connectivity index (χ2v) is 5.87. The molecule has 0 amide bonds. The van der Waals surface area contributed by atoms with E-state index < -0.39 is 0 Å². The summed E-state index contributed by atoms with van der Waals surface area (Å²) in [6, 6.07) is 8.19. The van der Waals surface area contributed by atoms with Gasteiger partial charge < -0.3 is 14.6 Å². The lowest BCUT2D eigenvalue weighted by molar-refractivity contribution is 0.493. The van der Waals surface area contributed by atoms with Crippen LogP contribution in [0.4, 0.5) is 0 Å². The Labute approximate surface area is 160 Å². The molecule has 2 heterocycles. The molecule has 1 saturated heterocycles. The van der Waals surface area contributed by atoms with Gasteiger partial charge in [-0.2, -0.15) is 0 Å². The van der Waals surface area contributed by atoms with E-state index in [9.17, 15) is 0 Å². The van der Waals surface area contributed by atoms with Crippen LogP contribution in [-0.2, 0) is 6.54 Å². The van der Waals surface area contributed by atoms with Crippen LogP contribution in [0.25, 0.3) is 11.5 Å². The average molecular weight is 440 g/mol. The quantitative estimate of drug-likeness (QED) is 0.446. The van der Waals surface area contributed by atoms with Crippen molar-refractivity contribution in [2.75, 3.05) is 19.6 Å². The number of hydrogen-bond acceptors (Lipinski definition) is 3. The van der Waals surface area contributed by atoms with Gasteiger partial charge in [0.2, 0.25) is 5.89 Å². The van der Waals surface area contributed by atoms with Crippen molar-refractivity contribution in [3.8, 4) is 11.5 Å². The summed E-state index contributed by atoms with van der Waals surface area (Å²) in [7, 11) is 0. The zero-order chi connectivity index (χ0) is 16.1. The van der Waals surface area contributed by atoms with E-state index in [1.54, 1.807) is 6.26 Å². The van der Waals surface area contributed by atoms with E-state index in [2.05, 4.69) is 41.2 Å². The van der Waals surface area contributed by atoms with Gasteiger partial charge in [0.25, 0.3) is 0 Å². The second kappa shape index (κ2) is 9.05. The number of halogens is 1.